The standard InChI is InChI=1S/C20H24N4O6S/c1-13-9-10-17(30-13)19-21-22-20(23-31(25,26)14-6-5-11-29-12-14)24(19)18-15(27-2)7-4-8-16(18)28-3/h4,7-10,14H,5-6,11-12H2,1-3H3,(H,22,23)/t14-/m1/s1. The number of hydrogen-bond donors (Lipinski definition) is 1. The Labute approximate surface area is 180 Å². The van der Waals surface area contributed by atoms with Gasteiger partial charge in [0.2, 0.25) is 21.8 Å². The van der Waals surface area contributed by atoms with Gasteiger partial charge in [0.25, 0.3) is 0 Å². The number of nitrogens with zero attached hydrogens (tertiary/aromatic N) is 3. The van der Waals surface area contributed by atoms with Crippen molar-refractivity contribution in [2.24, 2.45) is 0 Å². The summed E-state index contributed by atoms with van der Waals surface area (Å²) in [7, 11) is -0.747. The van der Waals surface area contributed by atoms with Gasteiger partial charge in [0.15, 0.2) is 5.76 Å². The summed E-state index contributed by atoms with van der Waals surface area (Å²) in [6.45, 7) is 2.49. The maximum absolute atomic E-state index is 13.0. The van der Waals surface area contributed by atoms with Crippen molar-refractivity contribution >= 4 is 16.0 Å². The summed E-state index contributed by atoms with van der Waals surface area (Å²) in [5.74, 6) is 2.30. The molecule has 1 N–H and O–H groups in total. The predicted octanol–water partition coefficient (Wildman–Crippen LogP) is 2.77. The van der Waals surface area contributed by atoms with Gasteiger partial charge in [-0.3, -0.25) is 9.29 Å². The molecule has 1 aliphatic rings. The summed E-state index contributed by atoms with van der Waals surface area (Å²) >= 11 is 0. The van der Waals surface area contributed by atoms with Crippen molar-refractivity contribution in [3.63, 3.8) is 0 Å². The van der Waals surface area contributed by atoms with Crippen LogP contribution in [0.5, 0.6) is 11.5 Å². The number of hydrogen-bond acceptors (Lipinski definition) is 8. The van der Waals surface area contributed by atoms with Crippen molar-refractivity contribution in [2.75, 3.05) is 32.2 Å². The van der Waals surface area contributed by atoms with Crippen LogP contribution in [-0.2, 0) is 14.8 Å². The molecule has 0 unspecified atom stereocenters. The van der Waals surface area contributed by atoms with Crippen LogP contribution in [0.15, 0.2) is 34.7 Å². The van der Waals surface area contributed by atoms with E-state index in [0.29, 0.717) is 54.0 Å². The highest BCUT2D eigenvalue weighted by Gasteiger charge is 2.32. The molecule has 1 aliphatic heterocycles. The fourth-order valence-corrected chi connectivity index (χ4v) is 4.80. The number of para-hydroxylation sites is 1. The van der Waals surface area contributed by atoms with Crippen molar-refractivity contribution < 1.29 is 27.0 Å². The Bertz CT molecular complexity index is 1140. The van der Waals surface area contributed by atoms with Crippen LogP contribution in [-0.4, -0.2) is 55.9 Å². The summed E-state index contributed by atoms with van der Waals surface area (Å²) < 4.78 is 52.3. The number of sulfonamides is 1. The molecule has 0 amide bonds. The van der Waals surface area contributed by atoms with Gasteiger partial charge >= 0.3 is 0 Å². The second-order valence-corrected chi connectivity index (χ2v) is 9.05. The molecule has 166 valence electrons. The normalized spacial score (nSPS) is 16.8. The zero-order valence-electron chi connectivity index (χ0n) is 17.5. The Kier molecular flexibility index (Phi) is 5.88. The van der Waals surface area contributed by atoms with Gasteiger partial charge in [0, 0.05) is 6.61 Å². The monoisotopic (exact) mass is 448 g/mol. The van der Waals surface area contributed by atoms with E-state index in [1.54, 1.807) is 37.3 Å². The lowest BCUT2D eigenvalue weighted by Crippen LogP contribution is -2.35. The minimum Gasteiger partial charge on any atom is -0.494 e. The molecular weight excluding hydrogens is 424 g/mol. The molecule has 1 aromatic carbocycles. The SMILES string of the molecule is COc1cccc(OC)c1-n1c(NS(=O)(=O)[C@@H]2CCCOC2)nnc1-c1ccc(C)o1. The molecule has 4 rings (SSSR count). The van der Waals surface area contributed by atoms with Gasteiger partial charge in [0.1, 0.15) is 28.2 Å². The summed E-state index contributed by atoms with van der Waals surface area (Å²) in [6, 6.07) is 8.78. The lowest BCUT2D eigenvalue weighted by atomic mass is 10.2. The van der Waals surface area contributed by atoms with Gasteiger partial charge in [-0.25, -0.2) is 8.42 Å². The number of methoxy groups -OCH3 is 2. The van der Waals surface area contributed by atoms with Crippen LogP contribution in [0.25, 0.3) is 17.3 Å². The number of aromatic nitrogens is 3. The van der Waals surface area contributed by atoms with Crippen LogP contribution >= 0.6 is 0 Å². The molecule has 3 heterocycles. The molecule has 1 saturated heterocycles. The molecule has 11 heteroatoms. The average molecular weight is 449 g/mol. The molecule has 31 heavy (non-hydrogen) atoms. The molecule has 0 aliphatic carbocycles. The molecule has 3 aromatic rings. The fraction of sp³-hybridized carbons (Fsp3) is 0.400. The maximum Gasteiger partial charge on any atom is 0.243 e. The fourth-order valence-electron chi connectivity index (χ4n) is 3.50. The van der Waals surface area contributed by atoms with Crippen molar-refractivity contribution in [2.45, 2.75) is 25.0 Å². The zero-order valence-corrected chi connectivity index (χ0v) is 18.3. The Morgan fingerprint density at radius 3 is 2.45 bits per heavy atom. The second kappa shape index (κ2) is 8.60. The number of nitrogens with one attached hydrogen (secondary N) is 1. The van der Waals surface area contributed by atoms with Gasteiger partial charge in [-0.1, -0.05) is 6.07 Å². The third kappa shape index (κ3) is 4.10. The smallest absolute Gasteiger partial charge is 0.243 e. The third-order valence-electron chi connectivity index (χ3n) is 5.04. The molecule has 1 atom stereocenters. The van der Waals surface area contributed by atoms with Crippen LogP contribution in [0, 0.1) is 6.92 Å². The van der Waals surface area contributed by atoms with Crippen LogP contribution in [0.3, 0.4) is 0 Å². The van der Waals surface area contributed by atoms with E-state index in [-0.39, 0.29) is 12.6 Å². The molecule has 10 nitrogen and oxygen atoms in total. The van der Waals surface area contributed by atoms with E-state index in [1.165, 1.54) is 18.8 Å². The molecule has 2 aromatic heterocycles. The van der Waals surface area contributed by atoms with Crippen LogP contribution in [0.2, 0.25) is 0 Å². The highest BCUT2D eigenvalue weighted by molar-refractivity contribution is 7.93. The van der Waals surface area contributed by atoms with Crippen LogP contribution in [0.4, 0.5) is 5.95 Å². The summed E-state index contributed by atoms with van der Waals surface area (Å²) in [5.41, 5.74) is 0.444. The van der Waals surface area contributed by atoms with E-state index in [1.807, 2.05) is 0 Å². The lowest BCUT2D eigenvalue weighted by molar-refractivity contribution is 0.0992. The Morgan fingerprint density at radius 1 is 1.13 bits per heavy atom. The minimum atomic E-state index is -3.78. The zero-order chi connectivity index (χ0) is 22.0. The second-order valence-electron chi connectivity index (χ2n) is 7.09. The van der Waals surface area contributed by atoms with Crippen molar-refractivity contribution in [1.29, 1.82) is 0 Å². The number of aryl methyl sites for hydroxylation is 1. The molecule has 0 bridgehead atoms. The van der Waals surface area contributed by atoms with E-state index in [9.17, 15) is 8.42 Å². The summed E-state index contributed by atoms with van der Waals surface area (Å²) in [6.07, 6.45) is 1.18. The quantitative estimate of drug-likeness (QED) is 0.586. The van der Waals surface area contributed by atoms with Gasteiger partial charge in [-0.2, -0.15) is 0 Å². The molecule has 0 spiro atoms. The Balaban J connectivity index is 1.87. The van der Waals surface area contributed by atoms with Gasteiger partial charge in [0.05, 0.1) is 20.8 Å². The van der Waals surface area contributed by atoms with Gasteiger partial charge < -0.3 is 18.6 Å². The molecule has 0 saturated carbocycles. The Hall–Kier alpha value is -3.05. The molecular formula is C20H24N4O6S. The number of ether oxygens (including phenoxy) is 3. The predicted molar refractivity (Wildman–Crippen MR) is 113 cm³/mol. The molecule has 1 fully saturated rings. The highest BCUT2D eigenvalue weighted by Crippen LogP contribution is 2.38. The number of benzene rings is 1. The number of anilines is 1. The largest absolute Gasteiger partial charge is 0.494 e. The first-order valence-corrected chi connectivity index (χ1v) is 11.3. The van der Waals surface area contributed by atoms with Gasteiger partial charge in [-0.15, -0.1) is 10.2 Å². The van der Waals surface area contributed by atoms with E-state index in [2.05, 4.69) is 14.9 Å². The first kappa shape index (κ1) is 21.2. The van der Waals surface area contributed by atoms with Crippen molar-refractivity contribution in [3.05, 3.63) is 36.1 Å². The third-order valence-corrected chi connectivity index (χ3v) is 6.76. The topological polar surface area (TPSA) is 118 Å². The van der Waals surface area contributed by atoms with Crippen molar-refractivity contribution in [1.82, 2.24) is 14.8 Å². The Morgan fingerprint density at radius 2 is 1.87 bits per heavy atom. The van der Waals surface area contributed by atoms with E-state index in [0.717, 1.165) is 0 Å². The number of rotatable bonds is 7. The lowest BCUT2D eigenvalue weighted by Gasteiger charge is -2.23. The average Bonchev–Trinajstić information content (AvgIpc) is 3.39. The first-order valence-electron chi connectivity index (χ1n) is 9.77. The minimum absolute atomic E-state index is 0.00238. The number of furan rings is 1. The van der Waals surface area contributed by atoms with E-state index < -0.39 is 15.3 Å². The highest BCUT2D eigenvalue weighted by atomic mass is 32.2. The van der Waals surface area contributed by atoms with Crippen LogP contribution < -0.4 is 14.2 Å². The van der Waals surface area contributed by atoms with E-state index >= 15 is 0 Å². The van der Waals surface area contributed by atoms with Crippen molar-refractivity contribution in [3.8, 4) is 28.8 Å². The van der Waals surface area contributed by atoms with E-state index in [4.69, 9.17) is 18.6 Å². The molecule has 0 radical (unpaired) electrons. The maximum atomic E-state index is 13.0. The van der Waals surface area contributed by atoms with Gasteiger partial charge in [-0.05, 0) is 44.0 Å². The van der Waals surface area contributed by atoms with Crippen LogP contribution in [0.1, 0.15) is 18.6 Å². The summed E-state index contributed by atoms with van der Waals surface area (Å²) in [5, 5.41) is 7.65. The first-order chi connectivity index (χ1) is 14.9. The summed E-state index contributed by atoms with van der Waals surface area (Å²) in [4.78, 5) is 0.